The monoisotopic (exact) mass is 715 g/mol. The summed E-state index contributed by atoms with van der Waals surface area (Å²) in [7, 11) is 4.44. The van der Waals surface area contributed by atoms with E-state index in [9.17, 15) is 19.2 Å². The summed E-state index contributed by atoms with van der Waals surface area (Å²) >= 11 is 4.60. The Bertz CT molecular complexity index is 1850. The van der Waals surface area contributed by atoms with Gasteiger partial charge in [0.05, 0.1) is 32.3 Å². The fourth-order valence-electron chi connectivity index (χ4n) is 4.86. The lowest BCUT2D eigenvalue weighted by atomic mass is 10.1. The zero-order valence-corrected chi connectivity index (χ0v) is 28.0. The first-order valence-electron chi connectivity index (χ1n) is 14.3. The summed E-state index contributed by atoms with van der Waals surface area (Å²) in [6, 6.07) is 25.7. The number of anilines is 2. The van der Waals surface area contributed by atoms with E-state index >= 15 is 0 Å². The molecule has 0 aliphatic carbocycles. The van der Waals surface area contributed by atoms with Gasteiger partial charge in [-0.15, -0.1) is 11.8 Å². The Morgan fingerprint density at radius 1 is 0.894 bits per heavy atom. The average Bonchev–Trinajstić information content (AvgIpc) is 3.36. The minimum Gasteiger partial charge on any atom is -0.497 e. The van der Waals surface area contributed by atoms with Gasteiger partial charge in [-0.05, 0) is 66.7 Å². The van der Waals surface area contributed by atoms with Gasteiger partial charge in [0.1, 0.15) is 11.4 Å². The zero-order valence-electron chi connectivity index (χ0n) is 25.6. The van der Waals surface area contributed by atoms with Gasteiger partial charge in [-0.2, -0.15) is 0 Å². The smallest absolute Gasteiger partial charge is 0.272 e. The van der Waals surface area contributed by atoms with Gasteiger partial charge < -0.3 is 24.8 Å². The number of carbonyl (C=O) groups is 4. The molecule has 4 amide bonds. The Kier molecular flexibility index (Phi) is 10.6. The van der Waals surface area contributed by atoms with Crippen LogP contribution in [0.4, 0.5) is 11.4 Å². The Morgan fingerprint density at radius 2 is 1.64 bits per heavy atom. The van der Waals surface area contributed by atoms with E-state index in [1.54, 1.807) is 91.0 Å². The van der Waals surface area contributed by atoms with Gasteiger partial charge in [0.25, 0.3) is 11.8 Å². The molecular formula is C35H30BrN3O7S. The first-order valence-corrected chi connectivity index (χ1v) is 16.0. The SMILES string of the molecule is COc1cc(/C=C(\NC(=O)c2ccccc2)C(=O)Nc2cccc(S[C@H]3CC(=O)N(c4ccc(Br)cc4)C3=O)c2)c(OC)c(OC)c1. The number of carbonyl (C=O) groups excluding carboxylic acids is 4. The van der Waals surface area contributed by atoms with E-state index in [0.29, 0.717) is 44.6 Å². The lowest BCUT2D eigenvalue weighted by Crippen LogP contribution is -2.31. The van der Waals surface area contributed by atoms with Crippen molar-refractivity contribution < 1.29 is 33.4 Å². The molecule has 4 aromatic rings. The lowest BCUT2D eigenvalue weighted by Gasteiger charge is -2.16. The number of nitrogens with one attached hydrogen (secondary N) is 2. The lowest BCUT2D eigenvalue weighted by molar-refractivity contribution is -0.121. The van der Waals surface area contributed by atoms with Crippen LogP contribution in [0.2, 0.25) is 0 Å². The van der Waals surface area contributed by atoms with Gasteiger partial charge in [0, 0.05) is 38.7 Å². The molecule has 0 radical (unpaired) electrons. The number of imide groups is 1. The van der Waals surface area contributed by atoms with Gasteiger partial charge in [-0.1, -0.05) is 40.2 Å². The summed E-state index contributed by atoms with van der Waals surface area (Å²) in [6.45, 7) is 0. The normalized spacial score (nSPS) is 14.5. The van der Waals surface area contributed by atoms with Gasteiger partial charge in [0.2, 0.25) is 11.8 Å². The second-order valence-electron chi connectivity index (χ2n) is 10.2. The summed E-state index contributed by atoms with van der Waals surface area (Å²) in [6.07, 6.45) is 1.51. The maximum Gasteiger partial charge on any atom is 0.272 e. The first kappa shape index (κ1) is 33.3. The zero-order chi connectivity index (χ0) is 33.5. The molecule has 4 aromatic carbocycles. The van der Waals surface area contributed by atoms with Crippen molar-refractivity contribution in [2.45, 2.75) is 16.6 Å². The highest BCUT2D eigenvalue weighted by atomic mass is 79.9. The highest BCUT2D eigenvalue weighted by Crippen LogP contribution is 2.37. The van der Waals surface area contributed by atoms with E-state index in [4.69, 9.17) is 14.2 Å². The van der Waals surface area contributed by atoms with E-state index in [1.807, 2.05) is 0 Å². The molecule has 0 saturated carbocycles. The third-order valence-electron chi connectivity index (χ3n) is 7.11. The van der Waals surface area contributed by atoms with Crippen LogP contribution in [0.5, 0.6) is 17.2 Å². The molecular weight excluding hydrogens is 686 g/mol. The largest absolute Gasteiger partial charge is 0.497 e. The van der Waals surface area contributed by atoms with Crippen molar-refractivity contribution >= 4 is 68.8 Å². The number of methoxy groups -OCH3 is 3. The van der Waals surface area contributed by atoms with Crippen molar-refractivity contribution in [3.8, 4) is 17.2 Å². The number of hydrogen-bond donors (Lipinski definition) is 2. The van der Waals surface area contributed by atoms with Crippen molar-refractivity contribution in [1.82, 2.24) is 5.32 Å². The van der Waals surface area contributed by atoms with Crippen molar-refractivity contribution in [3.63, 3.8) is 0 Å². The third-order valence-corrected chi connectivity index (χ3v) is 8.81. The molecule has 0 unspecified atom stereocenters. The van der Waals surface area contributed by atoms with Crippen molar-refractivity contribution in [1.29, 1.82) is 0 Å². The minimum absolute atomic E-state index is 0.0421. The molecule has 1 fully saturated rings. The highest BCUT2D eigenvalue weighted by Gasteiger charge is 2.40. The van der Waals surface area contributed by atoms with E-state index < -0.39 is 17.1 Å². The van der Waals surface area contributed by atoms with Gasteiger partial charge in [0.15, 0.2) is 11.5 Å². The molecule has 0 bridgehead atoms. The van der Waals surface area contributed by atoms with Crippen LogP contribution in [0.15, 0.2) is 106 Å². The molecule has 1 saturated heterocycles. The number of halogens is 1. The number of thioether (sulfide) groups is 1. The summed E-state index contributed by atoms with van der Waals surface area (Å²) in [5.74, 6) is -0.555. The first-order chi connectivity index (χ1) is 22.7. The molecule has 12 heteroatoms. The molecule has 240 valence electrons. The fourth-order valence-corrected chi connectivity index (χ4v) is 6.24. The molecule has 1 heterocycles. The quantitative estimate of drug-likeness (QED) is 0.137. The van der Waals surface area contributed by atoms with Gasteiger partial charge in [-0.3, -0.25) is 19.2 Å². The van der Waals surface area contributed by atoms with Gasteiger partial charge >= 0.3 is 0 Å². The third kappa shape index (κ3) is 7.84. The molecule has 1 aliphatic rings. The number of nitrogens with zero attached hydrogens (tertiary/aromatic N) is 1. The summed E-state index contributed by atoms with van der Waals surface area (Å²) in [5, 5.41) is 4.92. The molecule has 47 heavy (non-hydrogen) atoms. The Morgan fingerprint density at radius 3 is 2.32 bits per heavy atom. The fraction of sp³-hybridized carbons (Fsp3) is 0.143. The van der Waals surface area contributed by atoms with Crippen LogP contribution >= 0.6 is 27.7 Å². The van der Waals surface area contributed by atoms with Crippen LogP contribution in [0.25, 0.3) is 6.08 Å². The molecule has 2 N–H and O–H groups in total. The van der Waals surface area contributed by atoms with Crippen LogP contribution < -0.4 is 29.7 Å². The molecule has 1 aliphatic heterocycles. The summed E-state index contributed by atoms with van der Waals surface area (Å²) in [4.78, 5) is 54.8. The Labute approximate surface area is 284 Å². The second-order valence-corrected chi connectivity index (χ2v) is 12.4. The molecule has 10 nitrogen and oxygen atoms in total. The van der Waals surface area contributed by atoms with Crippen molar-refractivity contribution in [2.75, 3.05) is 31.5 Å². The van der Waals surface area contributed by atoms with Crippen molar-refractivity contribution in [3.05, 3.63) is 112 Å². The topological polar surface area (TPSA) is 123 Å². The minimum atomic E-state index is -0.631. The predicted molar refractivity (Wildman–Crippen MR) is 184 cm³/mol. The second kappa shape index (κ2) is 15.0. The van der Waals surface area contributed by atoms with Crippen LogP contribution in [-0.2, 0) is 14.4 Å². The molecule has 0 aromatic heterocycles. The number of amides is 4. The summed E-state index contributed by atoms with van der Waals surface area (Å²) in [5.41, 5.74) is 1.62. The number of ether oxygens (including phenoxy) is 3. The predicted octanol–water partition coefficient (Wildman–Crippen LogP) is 6.31. The van der Waals surface area contributed by atoms with Crippen LogP contribution in [0.3, 0.4) is 0 Å². The van der Waals surface area contributed by atoms with E-state index in [-0.39, 0.29) is 23.9 Å². The molecule has 5 rings (SSSR count). The Hall–Kier alpha value is -5.07. The van der Waals surface area contributed by atoms with Crippen LogP contribution in [0.1, 0.15) is 22.3 Å². The average molecular weight is 717 g/mol. The summed E-state index contributed by atoms with van der Waals surface area (Å²) < 4.78 is 17.3. The van der Waals surface area contributed by atoms with E-state index in [2.05, 4.69) is 26.6 Å². The number of benzene rings is 4. The highest BCUT2D eigenvalue weighted by molar-refractivity contribution is 9.10. The number of hydrogen-bond acceptors (Lipinski definition) is 8. The molecule has 0 spiro atoms. The maximum absolute atomic E-state index is 13.8. The van der Waals surface area contributed by atoms with Crippen molar-refractivity contribution in [2.24, 2.45) is 0 Å². The number of rotatable bonds is 11. The van der Waals surface area contributed by atoms with Crippen LogP contribution in [0, 0.1) is 0 Å². The Balaban J connectivity index is 1.40. The maximum atomic E-state index is 13.8. The van der Waals surface area contributed by atoms with E-state index in [0.717, 1.165) is 4.47 Å². The molecule has 1 atom stereocenters. The van der Waals surface area contributed by atoms with E-state index in [1.165, 1.54) is 44.1 Å². The van der Waals surface area contributed by atoms with Crippen LogP contribution in [-0.4, -0.2) is 50.2 Å². The standard InChI is InChI=1S/C35H30BrN3O7S/c1-44-26-16-22(32(46-3)29(19-26)45-2)17-28(38-33(41)21-8-5-4-6-9-21)34(42)37-24-10-7-11-27(18-24)47-30-20-31(40)39(35(30)43)25-14-12-23(36)13-15-25/h4-19,30H,20H2,1-3H3,(H,37,42)(H,38,41)/b28-17-/t30-/m0/s1. The van der Waals surface area contributed by atoms with Gasteiger partial charge in [-0.25, -0.2) is 4.90 Å².